The normalized spacial score (nSPS) is 17.3. The zero-order chi connectivity index (χ0) is 17.8. The summed E-state index contributed by atoms with van der Waals surface area (Å²) in [6.07, 6.45) is 1.76. The third-order valence-corrected chi connectivity index (χ3v) is 4.06. The van der Waals surface area contributed by atoms with Crippen LogP contribution in [0, 0.1) is 18.6 Å². The summed E-state index contributed by atoms with van der Waals surface area (Å²) >= 11 is 0. The van der Waals surface area contributed by atoms with E-state index in [-0.39, 0.29) is 18.2 Å². The van der Waals surface area contributed by atoms with E-state index >= 15 is 0 Å². The van der Waals surface area contributed by atoms with Gasteiger partial charge in [0.1, 0.15) is 23.3 Å². The van der Waals surface area contributed by atoms with E-state index < -0.39 is 11.6 Å². The van der Waals surface area contributed by atoms with Gasteiger partial charge in [0, 0.05) is 24.6 Å². The molecule has 1 aromatic carbocycles. The van der Waals surface area contributed by atoms with Crippen molar-refractivity contribution >= 4 is 5.96 Å². The molecule has 8 heteroatoms. The van der Waals surface area contributed by atoms with Gasteiger partial charge in [0.05, 0.1) is 13.1 Å². The van der Waals surface area contributed by atoms with E-state index in [1.807, 2.05) is 18.5 Å². The van der Waals surface area contributed by atoms with E-state index in [1.54, 1.807) is 0 Å². The molecule has 0 spiro atoms. The molecule has 6 nitrogen and oxygen atoms in total. The van der Waals surface area contributed by atoms with Crippen LogP contribution in [0.3, 0.4) is 0 Å². The number of benzene rings is 1. The Labute approximate surface area is 145 Å². The van der Waals surface area contributed by atoms with Crippen molar-refractivity contribution in [3.8, 4) is 0 Å². The van der Waals surface area contributed by atoms with Crippen molar-refractivity contribution in [2.24, 2.45) is 4.99 Å². The summed E-state index contributed by atoms with van der Waals surface area (Å²) in [7, 11) is 0. The average molecular weight is 348 g/mol. The fraction of sp³-hybridized carbons (Fsp3) is 0.471. The molecule has 0 amide bonds. The standard InChI is InChI=1S/C17H22F2N6/c1-3-20-17(21-9-12-8-13(18)4-6-15(12)19)23-14-5-7-16-22-11(2)24-25(16)10-14/h4,6,8,14H,3,5,7,9-10H2,1-2H3,(H2,20,21,23). The van der Waals surface area contributed by atoms with E-state index in [9.17, 15) is 8.78 Å². The second-order valence-corrected chi connectivity index (χ2v) is 6.07. The van der Waals surface area contributed by atoms with E-state index in [1.165, 1.54) is 6.07 Å². The lowest BCUT2D eigenvalue weighted by Crippen LogP contribution is -2.47. The summed E-state index contributed by atoms with van der Waals surface area (Å²) in [4.78, 5) is 8.78. The van der Waals surface area contributed by atoms with Crippen LogP contribution < -0.4 is 10.6 Å². The molecule has 2 aromatic rings. The Morgan fingerprint density at radius 1 is 1.40 bits per heavy atom. The van der Waals surface area contributed by atoms with E-state index in [0.29, 0.717) is 19.0 Å². The molecule has 134 valence electrons. The monoisotopic (exact) mass is 348 g/mol. The molecule has 0 saturated heterocycles. The molecule has 25 heavy (non-hydrogen) atoms. The Morgan fingerprint density at radius 3 is 3.04 bits per heavy atom. The van der Waals surface area contributed by atoms with Crippen LogP contribution in [0.1, 0.15) is 30.6 Å². The van der Waals surface area contributed by atoms with Crippen LogP contribution in [0.15, 0.2) is 23.2 Å². The van der Waals surface area contributed by atoms with Gasteiger partial charge in [-0.25, -0.2) is 23.4 Å². The molecule has 3 rings (SSSR count). The summed E-state index contributed by atoms with van der Waals surface area (Å²) in [5.41, 5.74) is 0.232. The summed E-state index contributed by atoms with van der Waals surface area (Å²) in [5, 5.41) is 10.9. The summed E-state index contributed by atoms with van der Waals surface area (Å²) < 4.78 is 28.9. The number of guanidine groups is 1. The smallest absolute Gasteiger partial charge is 0.191 e. The van der Waals surface area contributed by atoms with E-state index in [0.717, 1.165) is 36.6 Å². The van der Waals surface area contributed by atoms with Crippen molar-refractivity contribution in [2.75, 3.05) is 6.54 Å². The highest BCUT2D eigenvalue weighted by Gasteiger charge is 2.21. The maximum absolute atomic E-state index is 13.7. The molecule has 1 aliphatic heterocycles. The minimum Gasteiger partial charge on any atom is -0.357 e. The third kappa shape index (κ3) is 4.32. The minimum atomic E-state index is -0.467. The first-order chi connectivity index (χ1) is 12.0. The number of nitrogens with zero attached hydrogens (tertiary/aromatic N) is 4. The third-order valence-electron chi connectivity index (χ3n) is 4.06. The lowest BCUT2D eigenvalue weighted by Gasteiger charge is -2.25. The number of aromatic nitrogens is 3. The molecule has 2 heterocycles. The van der Waals surface area contributed by atoms with E-state index in [2.05, 4.69) is 25.7 Å². The first-order valence-electron chi connectivity index (χ1n) is 8.44. The predicted molar refractivity (Wildman–Crippen MR) is 91.2 cm³/mol. The van der Waals surface area contributed by atoms with Crippen LogP contribution in [0.4, 0.5) is 8.78 Å². The van der Waals surface area contributed by atoms with Crippen molar-refractivity contribution in [2.45, 2.75) is 45.8 Å². The fourth-order valence-corrected chi connectivity index (χ4v) is 2.89. The van der Waals surface area contributed by atoms with Gasteiger partial charge in [-0.2, -0.15) is 5.10 Å². The van der Waals surface area contributed by atoms with Crippen LogP contribution in [0.5, 0.6) is 0 Å². The number of hydrogen-bond acceptors (Lipinski definition) is 3. The number of hydrogen-bond donors (Lipinski definition) is 2. The molecular weight excluding hydrogens is 326 g/mol. The number of aliphatic imine (C=N–C) groups is 1. The van der Waals surface area contributed by atoms with Crippen molar-refractivity contribution < 1.29 is 8.78 Å². The fourth-order valence-electron chi connectivity index (χ4n) is 2.89. The van der Waals surface area contributed by atoms with Gasteiger partial charge in [-0.15, -0.1) is 0 Å². The van der Waals surface area contributed by atoms with Gasteiger partial charge >= 0.3 is 0 Å². The van der Waals surface area contributed by atoms with Gasteiger partial charge in [-0.05, 0) is 38.5 Å². The van der Waals surface area contributed by atoms with Gasteiger partial charge in [0.25, 0.3) is 0 Å². The average Bonchev–Trinajstić information content (AvgIpc) is 2.95. The van der Waals surface area contributed by atoms with E-state index in [4.69, 9.17) is 0 Å². The number of rotatable bonds is 4. The number of fused-ring (bicyclic) bond motifs is 1. The highest BCUT2D eigenvalue weighted by atomic mass is 19.1. The zero-order valence-corrected chi connectivity index (χ0v) is 14.4. The molecular formula is C17H22F2N6. The molecule has 0 fully saturated rings. The zero-order valence-electron chi connectivity index (χ0n) is 14.4. The molecule has 1 unspecified atom stereocenters. The largest absolute Gasteiger partial charge is 0.357 e. The highest BCUT2D eigenvalue weighted by molar-refractivity contribution is 5.80. The van der Waals surface area contributed by atoms with Crippen LogP contribution in [0.25, 0.3) is 0 Å². The van der Waals surface area contributed by atoms with Gasteiger partial charge in [-0.1, -0.05) is 0 Å². The quantitative estimate of drug-likeness (QED) is 0.655. The molecule has 0 aliphatic carbocycles. The highest BCUT2D eigenvalue weighted by Crippen LogP contribution is 2.13. The molecule has 2 N–H and O–H groups in total. The summed E-state index contributed by atoms with van der Waals surface area (Å²) in [5.74, 6) is 1.43. The van der Waals surface area contributed by atoms with Crippen molar-refractivity contribution in [1.82, 2.24) is 25.4 Å². The summed E-state index contributed by atoms with van der Waals surface area (Å²) in [6, 6.07) is 3.55. The SMILES string of the molecule is CCNC(=NCc1cc(F)ccc1F)NC1CCc2nc(C)nn2C1. The number of nitrogens with one attached hydrogen (secondary N) is 2. The van der Waals surface area contributed by atoms with Crippen molar-refractivity contribution in [3.63, 3.8) is 0 Å². The van der Waals surface area contributed by atoms with Crippen LogP contribution in [0.2, 0.25) is 0 Å². The van der Waals surface area contributed by atoms with Crippen molar-refractivity contribution in [1.29, 1.82) is 0 Å². The molecule has 1 aliphatic rings. The molecule has 0 radical (unpaired) electrons. The van der Waals surface area contributed by atoms with Crippen molar-refractivity contribution in [3.05, 3.63) is 47.0 Å². The van der Waals surface area contributed by atoms with Crippen LogP contribution in [-0.2, 0) is 19.5 Å². The maximum atomic E-state index is 13.7. The maximum Gasteiger partial charge on any atom is 0.191 e. The second-order valence-electron chi connectivity index (χ2n) is 6.07. The lowest BCUT2D eigenvalue weighted by atomic mass is 10.1. The predicted octanol–water partition coefficient (Wildman–Crippen LogP) is 1.93. The van der Waals surface area contributed by atoms with Gasteiger partial charge in [0.2, 0.25) is 0 Å². The van der Waals surface area contributed by atoms with Gasteiger partial charge < -0.3 is 10.6 Å². The minimum absolute atomic E-state index is 0.0688. The Balaban J connectivity index is 1.68. The van der Waals surface area contributed by atoms with Crippen LogP contribution in [-0.4, -0.2) is 33.3 Å². The number of aryl methyl sites for hydroxylation is 2. The Kier molecular flexibility index (Phi) is 5.25. The summed E-state index contributed by atoms with van der Waals surface area (Å²) in [6.45, 7) is 5.29. The molecule has 0 saturated carbocycles. The lowest BCUT2D eigenvalue weighted by molar-refractivity contribution is 0.392. The second kappa shape index (κ2) is 7.58. The molecule has 0 bridgehead atoms. The Hall–Kier alpha value is -2.51. The Bertz CT molecular complexity index is 770. The first kappa shape index (κ1) is 17.3. The molecule has 1 atom stereocenters. The van der Waals surface area contributed by atoms with Gasteiger partial charge in [-0.3, -0.25) is 0 Å². The topological polar surface area (TPSA) is 67.1 Å². The molecule has 1 aromatic heterocycles. The van der Waals surface area contributed by atoms with Crippen LogP contribution >= 0.6 is 0 Å². The Morgan fingerprint density at radius 2 is 2.24 bits per heavy atom. The van der Waals surface area contributed by atoms with Gasteiger partial charge in [0.15, 0.2) is 5.96 Å². The number of halogens is 2. The first-order valence-corrected chi connectivity index (χ1v) is 8.44.